The largest absolute Gasteiger partial charge is 0.379 e. The molecule has 2 aliphatic rings. The molecule has 3 unspecified atom stereocenters. The maximum Gasteiger partial charge on any atom is 0.0920 e. The van der Waals surface area contributed by atoms with Crippen LogP contribution in [0.3, 0.4) is 0 Å². The van der Waals surface area contributed by atoms with Crippen LogP contribution in [0.4, 0.5) is 0 Å². The second-order valence-corrected chi connectivity index (χ2v) is 4.97. The first-order valence-corrected chi connectivity index (χ1v) is 5.31. The molecule has 0 aromatic carbocycles. The highest BCUT2D eigenvalue weighted by Gasteiger charge is 2.52. The van der Waals surface area contributed by atoms with E-state index in [1.807, 2.05) is 7.11 Å². The monoisotopic (exact) mass is 184 g/mol. The molecule has 2 rings (SSSR count). The summed E-state index contributed by atoms with van der Waals surface area (Å²) in [5, 5.41) is 0. The lowest BCUT2D eigenvalue weighted by molar-refractivity contribution is -0.0144. The Balaban J connectivity index is 1.96. The minimum Gasteiger partial charge on any atom is -0.379 e. The lowest BCUT2D eigenvalue weighted by atomic mass is 9.84. The first-order valence-electron chi connectivity index (χ1n) is 5.31. The van der Waals surface area contributed by atoms with Gasteiger partial charge in [0.25, 0.3) is 0 Å². The van der Waals surface area contributed by atoms with Crippen LogP contribution in [-0.2, 0) is 9.47 Å². The van der Waals surface area contributed by atoms with Crippen molar-refractivity contribution in [2.75, 3.05) is 7.11 Å². The van der Waals surface area contributed by atoms with Gasteiger partial charge in [-0.05, 0) is 46.0 Å². The first-order chi connectivity index (χ1) is 6.08. The third-order valence-electron chi connectivity index (χ3n) is 3.84. The van der Waals surface area contributed by atoms with Crippen LogP contribution in [0.15, 0.2) is 0 Å². The summed E-state index contributed by atoms with van der Waals surface area (Å²) in [6.45, 7) is 4.46. The van der Waals surface area contributed by atoms with Gasteiger partial charge in [-0.15, -0.1) is 0 Å². The Morgan fingerprint density at radius 2 is 2.00 bits per heavy atom. The highest BCUT2D eigenvalue weighted by Crippen LogP contribution is 2.47. The van der Waals surface area contributed by atoms with Gasteiger partial charge in [-0.25, -0.2) is 0 Å². The Labute approximate surface area is 80.6 Å². The normalized spacial score (nSPS) is 50.5. The van der Waals surface area contributed by atoms with Gasteiger partial charge in [0.2, 0.25) is 0 Å². The molecule has 1 aliphatic heterocycles. The average Bonchev–Trinajstić information content (AvgIpc) is 2.71. The molecule has 2 heteroatoms. The molecular formula is C11H20O2. The Hall–Kier alpha value is -0.0800. The number of methoxy groups -OCH3 is 1. The van der Waals surface area contributed by atoms with E-state index in [1.165, 1.54) is 25.7 Å². The summed E-state index contributed by atoms with van der Waals surface area (Å²) in [7, 11) is 1.83. The molecule has 2 fully saturated rings. The van der Waals surface area contributed by atoms with Crippen molar-refractivity contribution < 1.29 is 9.47 Å². The predicted octanol–water partition coefficient (Wildman–Crippen LogP) is 2.51. The Bertz CT molecular complexity index is 204. The minimum atomic E-state index is 0.104. The van der Waals surface area contributed by atoms with E-state index in [0.29, 0.717) is 6.10 Å². The topological polar surface area (TPSA) is 21.8 Å². The Morgan fingerprint density at radius 1 is 1.23 bits per heavy atom. The molecule has 1 saturated carbocycles. The van der Waals surface area contributed by atoms with Gasteiger partial charge < -0.3 is 9.47 Å². The van der Waals surface area contributed by atoms with Gasteiger partial charge in [0.1, 0.15) is 0 Å². The van der Waals surface area contributed by atoms with E-state index < -0.39 is 0 Å². The van der Waals surface area contributed by atoms with Gasteiger partial charge in [-0.2, -0.15) is 0 Å². The Morgan fingerprint density at radius 3 is 2.69 bits per heavy atom. The lowest BCUT2D eigenvalue weighted by Gasteiger charge is -2.29. The van der Waals surface area contributed by atoms with Crippen LogP contribution in [0.25, 0.3) is 0 Å². The fourth-order valence-corrected chi connectivity index (χ4v) is 2.45. The second-order valence-electron chi connectivity index (χ2n) is 4.97. The molecule has 1 aliphatic carbocycles. The molecule has 0 aromatic heterocycles. The SMILES string of the molecule is COC1(C)CCCC2(C)OC2CC1. The molecule has 0 N–H and O–H groups in total. The van der Waals surface area contributed by atoms with Gasteiger partial charge in [0.15, 0.2) is 0 Å². The van der Waals surface area contributed by atoms with Gasteiger partial charge in [-0.3, -0.25) is 0 Å². The number of hydrogen-bond acceptors (Lipinski definition) is 2. The van der Waals surface area contributed by atoms with E-state index >= 15 is 0 Å². The van der Waals surface area contributed by atoms with Crippen LogP contribution >= 0.6 is 0 Å². The van der Waals surface area contributed by atoms with E-state index in [2.05, 4.69) is 13.8 Å². The van der Waals surface area contributed by atoms with Crippen LogP contribution in [0.5, 0.6) is 0 Å². The summed E-state index contributed by atoms with van der Waals surface area (Å²) in [4.78, 5) is 0. The molecule has 2 nitrogen and oxygen atoms in total. The molecule has 3 atom stereocenters. The van der Waals surface area contributed by atoms with Crippen LogP contribution in [-0.4, -0.2) is 24.4 Å². The molecule has 0 radical (unpaired) electrons. The fraction of sp³-hybridized carbons (Fsp3) is 1.00. The van der Waals surface area contributed by atoms with Gasteiger partial charge >= 0.3 is 0 Å². The van der Waals surface area contributed by atoms with Gasteiger partial charge in [0.05, 0.1) is 17.3 Å². The van der Waals surface area contributed by atoms with Crippen molar-refractivity contribution in [2.45, 2.75) is 63.3 Å². The number of fused-ring (bicyclic) bond motifs is 1. The van der Waals surface area contributed by atoms with E-state index in [4.69, 9.17) is 9.47 Å². The van der Waals surface area contributed by atoms with Crippen LogP contribution in [0.2, 0.25) is 0 Å². The summed E-state index contributed by atoms with van der Waals surface area (Å²) in [5.41, 5.74) is 0.336. The zero-order valence-corrected chi connectivity index (χ0v) is 8.93. The van der Waals surface area contributed by atoms with Crippen molar-refractivity contribution in [2.24, 2.45) is 0 Å². The highest BCUT2D eigenvalue weighted by atomic mass is 16.6. The number of ether oxygens (including phenoxy) is 2. The summed E-state index contributed by atoms with van der Waals surface area (Å²) in [5.74, 6) is 0. The van der Waals surface area contributed by atoms with Crippen molar-refractivity contribution in [1.82, 2.24) is 0 Å². The van der Waals surface area contributed by atoms with E-state index in [9.17, 15) is 0 Å². The molecule has 0 spiro atoms. The summed E-state index contributed by atoms with van der Waals surface area (Å²) < 4.78 is 11.3. The molecule has 76 valence electrons. The number of rotatable bonds is 1. The van der Waals surface area contributed by atoms with E-state index in [-0.39, 0.29) is 11.2 Å². The highest BCUT2D eigenvalue weighted by molar-refractivity contribution is 5.01. The quantitative estimate of drug-likeness (QED) is 0.584. The average molecular weight is 184 g/mol. The molecule has 13 heavy (non-hydrogen) atoms. The van der Waals surface area contributed by atoms with Crippen LogP contribution < -0.4 is 0 Å². The smallest absolute Gasteiger partial charge is 0.0920 e. The fourth-order valence-electron chi connectivity index (χ4n) is 2.45. The standard InChI is InChI=1S/C11H20O2/c1-10(12-3)6-4-7-11(2)9(13-11)5-8-10/h9H,4-8H2,1-3H3. The Kier molecular flexibility index (Phi) is 2.16. The van der Waals surface area contributed by atoms with Gasteiger partial charge in [-0.1, -0.05) is 0 Å². The molecule has 0 aromatic rings. The molecule has 1 heterocycles. The molecule has 0 amide bonds. The molecule has 1 saturated heterocycles. The van der Waals surface area contributed by atoms with Crippen molar-refractivity contribution in [3.8, 4) is 0 Å². The third-order valence-corrected chi connectivity index (χ3v) is 3.84. The molecule has 0 bridgehead atoms. The van der Waals surface area contributed by atoms with E-state index in [1.54, 1.807) is 0 Å². The maximum atomic E-state index is 5.71. The summed E-state index contributed by atoms with van der Waals surface area (Å²) >= 11 is 0. The lowest BCUT2D eigenvalue weighted by Crippen LogP contribution is -2.30. The molecular weight excluding hydrogens is 164 g/mol. The number of hydrogen-bond donors (Lipinski definition) is 0. The van der Waals surface area contributed by atoms with Crippen LogP contribution in [0, 0.1) is 0 Å². The second kappa shape index (κ2) is 2.96. The van der Waals surface area contributed by atoms with Gasteiger partial charge in [0, 0.05) is 7.11 Å². The van der Waals surface area contributed by atoms with Crippen LogP contribution in [0.1, 0.15) is 46.0 Å². The van der Waals surface area contributed by atoms with Crippen molar-refractivity contribution in [3.63, 3.8) is 0 Å². The summed E-state index contributed by atoms with van der Waals surface area (Å²) in [6, 6.07) is 0. The van der Waals surface area contributed by atoms with E-state index in [0.717, 1.165) is 6.42 Å². The summed E-state index contributed by atoms with van der Waals surface area (Å²) in [6.07, 6.45) is 6.44. The first kappa shape index (κ1) is 9.47. The zero-order valence-electron chi connectivity index (χ0n) is 8.93. The van der Waals surface area contributed by atoms with Crippen molar-refractivity contribution in [1.29, 1.82) is 0 Å². The maximum absolute atomic E-state index is 5.71. The van der Waals surface area contributed by atoms with Crippen molar-refractivity contribution in [3.05, 3.63) is 0 Å². The van der Waals surface area contributed by atoms with Crippen molar-refractivity contribution >= 4 is 0 Å². The predicted molar refractivity (Wildman–Crippen MR) is 51.8 cm³/mol. The zero-order chi connectivity index (χ0) is 9.53. The minimum absolute atomic E-state index is 0.104. The third kappa shape index (κ3) is 1.75. The number of epoxide rings is 1.